The Morgan fingerprint density at radius 3 is 2.88 bits per heavy atom. The molecule has 16 heavy (non-hydrogen) atoms. The highest BCUT2D eigenvalue weighted by Crippen LogP contribution is 2.20. The van der Waals surface area contributed by atoms with Gasteiger partial charge in [-0.25, -0.2) is 4.98 Å². The lowest BCUT2D eigenvalue weighted by atomic mass is 10.2. The third kappa shape index (κ3) is 2.52. The van der Waals surface area contributed by atoms with E-state index in [1.807, 2.05) is 24.4 Å². The van der Waals surface area contributed by atoms with Crippen LogP contribution < -0.4 is 11.1 Å². The van der Waals surface area contributed by atoms with E-state index in [0.717, 1.165) is 22.9 Å². The average molecular weight is 233 g/mol. The number of anilines is 2. The molecule has 0 aliphatic carbocycles. The molecule has 3 nitrogen and oxygen atoms in total. The molecule has 3 N–H and O–H groups in total. The predicted octanol–water partition coefficient (Wildman–Crippen LogP) is 2.95. The van der Waals surface area contributed by atoms with Crippen LogP contribution in [0.25, 0.3) is 0 Å². The Bertz CT molecular complexity index is 491. The number of rotatable bonds is 3. The maximum absolute atomic E-state index is 5.75. The van der Waals surface area contributed by atoms with Crippen molar-refractivity contribution >= 4 is 22.7 Å². The molecular formula is C12H15N3S. The molecule has 0 atom stereocenters. The van der Waals surface area contributed by atoms with Crippen molar-refractivity contribution in [1.29, 1.82) is 0 Å². The third-order valence-corrected chi connectivity index (χ3v) is 3.27. The number of hydrogen-bond acceptors (Lipinski definition) is 4. The lowest BCUT2D eigenvalue weighted by Crippen LogP contribution is -2.01. The summed E-state index contributed by atoms with van der Waals surface area (Å²) in [7, 11) is 0. The molecule has 1 heterocycles. The van der Waals surface area contributed by atoms with E-state index < -0.39 is 0 Å². The second-order valence-electron chi connectivity index (χ2n) is 3.79. The molecule has 0 amide bonds. The Morgan fingerprint density at radius 1 is 1.38 bits per heavy atom. The van der Waals surface area contributed by atoms with Crippen molar-refractivity contribution in [3.05, 3.63) is 39.8 Å². The fraction of sp³-hybridized carbons (Fsp3) is 0.250. The summed E-state index contributed by atoms with van der Waals surface area (Å²) in [4.78, 5) is 5.54. The highest BCUT2D eigenvalue weighted by molar-refractivity contribution is 7.11. The first-order valence-electron chi connectivity index (χ1n) is 5.16. The Hall–Kier alpha value is -1.55. The van der Waals surface area contributed by atoms with E-state index in [9.17, 15) is 0 Å². The molecule has 0 bridgehead atoms. The highest BCUT2D eigenvalue weighted by atomic mass is 32.1. The fourth-order valence-electron chi connectivity index (χ4n) is 1.48. The zero-order valence-corrected chi connectivity index (χ0v) is 10.3. The fourth-order valence-corrected chi connectivity index (χ4v) is 2.21. The van der Waals surface area contributed by atoms with Crippen molar-refractivity contribution in [2.75, 3.05) is 11.1 Å². The van der Waals surface area contributed by atoms with Crippen molar-refractivity contribution in [2.45, 2.75) is 20.4 Å². The minimum Gasteiger partial charge on any atom is -0.399 e. The van der Waals surface area contributed by atoms with Crippen molar-refractivity contribution in [3.8, 4) is 0 Å². The molecule has 1 aromatic carbocycles. The second-order valence-corrected chi connectivity index (χ2v) is 5.11. The van der Waals surface area contributed by atoms with Gasteiger partial charge in [-0.1, -0.05) is 6.07 Å². The summed E-state index contributed by atoms with van der Waals surface area (Å²) in [5.74, 6) is 0. The number of thiazole rings is 1. The second kappa shape index (κ2) is 4.53. The van der Waals surface area contributed by atoms with Crippen LogP contribution in [0.2, 0.25) is 0 Å². The Morgan fingerprint density at radius 2 is 2.19 bits per heavy atom. The van der Waals surface area contributed by atoms with Gasteiger partial charge in [0.15, 0.2) is 0 Å². The van der Waals surface area contributed by atoms with Gasteiger partial charge in [0.2, 0.25) is 0 Å². The highest BCUT2D eigenvalue weighted by Gasteiger charge is 2.01. The smallest absolute Gasteiger partial charge is 0.112 e. The molecule has 0 aliphatic heterocycles. The van der Waals surface area contributed by atoms with E-state index in [-0.39, 0.29) is 0 Å². The largest absolute Gasteiger partial charge is 0.399 e. The average Bonchev–Trinajstić information content (AvgIpc) is 2.66. The third-order valence-electron chi connectivity index (χ3n) is 2.36. The number of hydrogen-bond donors (Lipinski definition) is 2. The lowest BCUT2D eigenvalue weighted by molar-refractivity contribution is 1.10. The minimum atomic E-state index is 0.753. The quantitative estimate of drug-likeness (QED) is 0.801. The first kappa shape index (κ1) is 11.0. The van der Waals surface area contributed by atoms with E-state index in [4.69, 9.17) is 5.73 Å². The number of aryl methyl sites for hydroxylation is 2. The van der Waals surface area contributed by atoms with Crippen LogP contribution in [0.3, 0.4) is 0 Å². The molecule has 0 unspecified atom stereocenters. The molecule has 0 saturated heterocycles. The minimum absolute atomic E-state index is 0.753. The van der Waals surface area contributed by atoms with Gasteiger partial charge >= 0.3 is 0 Å². The summed E-state index contributed by atoms with van der Waals surface area (Å²) in [6.45, 7) is 4.88. The first-order chi connectivity index (χ1) is 7.65. The molecule has 4 heteroatoms. The zero-order valence-electron chi connectivity index (χ0n) is 9.45. The van der Waals surface area contributed by atoms with Crippen LogP contribution in [0, 0.1) is 13.8 Å². The van der Waals surface area contributed by atoms with Crippen LogP contribution in [-0.4, -0.2) is 4.98 Å². The number of nitrogens with two attached hydrogens (primary N) is 1. The van der Waals surface area contributed by atoms with Crippen molar-refractivity contribution in [1.82, 2.24) is 4.98 Å². The molecule has 2 rings (SSSR count). The van der Waals surface area contributed by atoms with Gasteiger partial charge in [0.25, 0.3) is 0 Å². The molecule has 0 radical (unpaired) electrons. The van der Waals surface area contributed by atoms with Gasteiger partial charge < -0.3 is 11.1 Å². The Kier molecular flexibility index (Phi) is 3.10. The normalized spacial score (nSPS) is 10.4. The summed E-state index contributed by atoms with van der Waals surface area (Å²) in [5, 5.41) is 4.45. The predicted molar refractivity (Wildman–Crippen MR) is 69.8 cm³/mol. The molecular weight excluding hydrogens is 218 g/mol. The first-order valence-corrected chi connectivity index (χ1v) is 5.98. The summed E-state index contributed by atoms with van der Waals surface area (Å²) in [6.07, 6.45) is 1.90. The number of nitrogens with zero attached hydrogens (tertiary/aromatic N) is 1. The Labute approximate surface area is 99.3 Å². The van der Waals surface area contributed by atoms with Gasteiger partial charge in [-0.3, -0.25) is 0 Å². The Balaban J connectivity index is 2.07. The summed E-state index contributed by atoms with van der Waals surface area (Å²) < 4.78 is 0. The van der Waals surface area contributed by atoms with Gasteiger partial charge in [0.05, 0.1) is 6.54 Å². The maximum Gasteiger partial charge on any atom is 0.112 e. The topological polar surface area (TPSA) is 50.9 Å². The molecule has 2 aromatic rings. The molecule has 0 saturated carbocycles. The van der Waals surface area contributed by atoms with Crippen molar-refractivity contribution < 1.29 is 0 Å². The number of nitrogens with one attached hydrogen (secondary N) is 1. The summed E-state index contributed by atoms with van der Waals surface area (Å²) >= 11 is 1.71. The van der Waals surface area contributed by atoms with Gasteiger partial charge in [-0.2, -0.15) is 0 Å². The van der Waals surface area contributed by atoms with Gasteiger partial charge in [-0.15, -0.1) is 11.3 Å². The van der Waals surface area contributed by atoms with Crippen molar-refractivity contribution in [2.24, 2.45) is 0 Å². The molecule has 0 spiro atoms. The van der Waals surface area contributed by atoms with Crippen LogP contribution in [0.1, 0.15) is 15.4 Å². The van der Waals surface area contributed by atoms with Gasteiger partial charge in [-0.05, 0) is 31.5 Å². The van der Waals surface area contributed by atoms with Crippen LogP contribution in [0.4, 0.5) is 11.4 Å². The summed E-state index contributed by atoms with van der Waals surface area (Å²) in [6, 6.07) is 5.88. The molecule has 0 aliphatic rings. The van der Waals surface area contributed by atoms with Gasteiger partial charge in [0, 0.05) is 22.4 Å². The standard InChI is InChI=1S/C12H15N3S/c1-8-3-4-10(13)5-11(8)14-7-12-15-6-9(2)16-12/h3-6,14H,7,13H2,1-2H3. The number of benzene rings is 1. The van der Waals surface area contributed by atoms with E-state index >= 15 is 0 Å². The van der Waals surface area contributed by atoms with E-state index in [2.05, 4.69) is 24.1 Å². The van der Waals surface area contributed by atoms with Crippen LogP contribution in [0.15, 0.2) is 24.4 Å². The van der Waals surface area contributed by atoms with Crippen molar-refractivity contribution in [3.63, 3.8) is 0 Å². The summed E-state index contributed by atoms with van der Waals surface area (Å²) in [5.41, 5.74) is 8.80. The van der Waals surface area contributed by atoms with Gasteiger partial charge in [0.1, 0.15) is 5.01 Å². The number of aromatic nitrogens is 1. The maximum atomic E-state index is 5.75. The van der Waals surface area contributed by atoms with Crippen LogP contribution in [0.5, 0.6) is 0 Å². The van der Waals surface area contributed by atoms with E-state index in [1.165, 1.54) is 10.4 Å². The number of nitrogen functional groups attached to an aromatic ring is 1. The lowest BCUT2D eigenvalue weighted by Gasteiger charge is -2.08. The molecule has 1 aromatic heterocycles. The van der Waals surface area contributed by atoms with E-state index in [1.54, 1.807) is 11.3 Å². The monoisotopic (exact) mass is 233 g/mol. The molecule has 84 valence electrons. The van der Waals surface area contributed by atoms with Crippen LogP contribution in [-0.2, 0) is 6.54 Å². The zero-order chi connectivity index (χ0) is 11.5. The van der Waals surface area contributed by atoms with E-state index in [0.29, 0.717) is 0 Å². The van der Waals surface area contributed by atoms with Crippen LogP contribution >= 0.6 is 11.3 Å². The molecule has 0 fully saturated rings. The SMILES string of the molecule is Cc1cnc(CNc2cc(N)ccc2C)s1.